The van der Waals surface area contributed by atoms with Crippen molar-refractivity contribution >= 4 is 43.7 Å². The summed E-state index contributed by atoms with van der Waals surface area (Å²) in [6, 6.07) is 4.51. The second-order valence-electron chi connectivity index (χ2n) is 3.74. The van der Waals surface area contributed by atoms with Crippen LogP contribution < -0.4 is 0 Å². The molecule has 98 valence electrons. The lowest BCUT2D eigenvalue weighted by Crippen LogP contribution is -1.94. The molecule has 5 nitrogen and oxygen atoms in total. The largest absolute Gasteiger partial charge is 0.507 e. The van der Waals surface area contributed by atoms with Crippen LogP contribution in [0.5, 0.6) is 5.75 Å². The molecule has 0 aliphatic heterocycles. The molecule has 2 N–H and O–H groups in total. The number of aromatic carboxylic acids is 1. The second-order valence-corrected chi connectivity index (χ2v) is 5.72. The van der Waals surface area contributed by atoms with E-state index >= 15 is 0 Å². The quantitative estimate of drug-likeness (QED) is 0.622. The number of aromatic hydroxyl groups is 1. The number of aromatic nitrogens is 1. The third kappa shape index (κ3) is 2.76. The van der Waals surface area contributed by atoms with Crippen molar-refractivity contribution in [2.24, 2.45) is 0 Å². The van der Waals surface area contributed by atoms with Crippen molar-refractivity contribution in [3.05, 3.63) is 34.3 Å². The van der Waals surface area contributed by atoms with E-state index in [-0.39, 0.29) is 20.0 Å². The number of hydrogen-bond donors (Lipinski definition) is 2. The number of hydrogen-bond acceptors (Lipinski definition) is 5. The molecule has 7 heteroatoms. The zero-order valence-corrected chi connectivity index (χ0v) is 12.7. The Bertz CT molecular complexity index is 680. The molecule has 1 aromatic heterocycles. The maximum atomic E-state index is 11.3. The van der Waals surface area contributed by atoms with E-state index in [1.54, 1.807) is 35.6 Å². The summed E-state index contributed by atoms with van der Waals surface area (Å²) >= 11 is 2.62. The van der Waals surface area contributed by atoms with Gasteiger partial charge in [0, 0.05) is 28.2 Å². The summed E-state index contributed by atoms with van der Waals surface area (Å²) in [4.78, 5) is 26.7. The van der Waals surface area contributed by atoms with E-state index in [0.29, 0.717) is 16.3 Å². The van der Waals surface area contributed by atoms with Gasteiger partial charge in [0.05, 0.1) is 11.3 Å². The first-order chi connectivity index (χ1) is 8.90. The summed E-state index contributed by atoms with van der Waals surface area (Å²) in [7, 11) is 0. The van der Waals surface area contributed by atoms with Gasteiger partial charge in [0.2, 0.25) is 3.79 Å². The highest BCUT2D eigenvalue weighted by molar-refractivity contribution is 14.1. The highest BCUT2D eigenvalue weighted by Gasteiger charge is 2.17. The molecule has 0 amide bonds. The molecule has 1 heterocycles. The average Bonchev–Trinajstić information content (AvgIpc) is 2.71. The summed E-state index contributed by atoms with van der Waals surface area (Å²) in [6.45, 7) is 1.62. The number of phenolic OH excluding ortho intramolecular Hbond substituents is 1. The Balaban J connectivity index is 2.53. The number of phenols is 1. The molecule has 0 aliphatic carbocycles. The first-order valence-electron chi connectivity index (χ1n) is 5.14. The van der Waals surface area contributed by atoms with Gasteiger partial charge in [-0.05, 0) is 25.1 Å². The lowest BCUT2D eigenvalue weighted by Gasteiger charge is -2.02. The fourth-order valence-corrected chi connectivity index (χ4v) is 2.88. The van der Waals surface area contributed by atoms with Crippen LogP contribution in [-0.4, -0.2) is 25.0 Å². The number of thiazole rings is 1. The maximum absolute atomic E-state index is 11.3. The topological polar surface area (TPSA) is 87.5 Å². The monoisotopic (exact) mass is 389 g/mol. The van der Waals surface area contributed by atoms with Crippen LogP contribution in [0.25, 0.3) is 10.6 Å². The standard InChI is InChI=1S/C12H8INO4S/c1-5-9(12(17)18)19-11(14-5)6-2-3-8(15)7(4-6)10(13)16/h2-4,15H,1H3,(H,17,18). The van der Waals surface area contributed by atoms with E-state index < -0.39 is 5.97 Å². The molecule has 0 spiro atoms. The van der Waals surface area contributed by atoms with Crippen LogP contribution in [0.15, 0.2) is 18.2 Å². The molecule has 0 fully saturated rings. The molecule has 0 radical (unpaired) electrons. The third-order valence-electron chi connectivity index (χ3n) is 2.45. The number of carbonyl (C=O) groups excluding carboxylic acids is 1. The van der Waals surface area contributed by atoms with Crippen LogP contribution in [0.4, 0.5) is 0 Å². The van der Waals surface area contributed by atoms with E-state index in [2.05, 4.69) is 4.98 Å². The van der Waals surface area contributed by atoms with Crippen LogP contribution in [0, 0.1) is 6.92 Å². The number of benzene rings is 1. The Hall–Kier alpha value is -1.48. The van der Waals surface area contributed by atoms with Gasteiger partial charge in [0.25, 0.3) is 0 Å². The van der Waals surface area contributed by atoms with E-state index in [9.17, 15) is 14.7 Å². The van der Waals surface area contributed by atoms with Crippen molar-refractivity contribution in [1.29, 1.82) is 0 Å². The first-order valence-corrected chi connectivity index (χ1v) is 7.03. The van der Waals surface area contributed by atoms with Gasteiger partial charge in [0.1, 0.15) is 15.6 Å². The molecule has 0 saturated carbocycles. The van der Waals surface area contributed by atoms with Crippen molar-refractivity contribution < 1.29 is 19.8 Å². The minimum absolute atomic E-state index is 0.102. The average molecular weight is 389 g/mol. The minimum atomic E-state index is -1.02. The van der Waals surface area contributed by atoms with Crippen LogP contribution in [0.1, 0.15) is 25.7 Å². The molecular weight excluding hydrogens is 381 g/mol. The van der Waals surface area contributed by atoms with Gasteiger partial charge in [-0.15, -0.1) is 11.3 Å². The van der Waals surface area contributed by atoms with Gasteiger partial charge < -0.3 is 10.2 Å². The van der Waals surface area contributed by atoms with E-state index in [1.807, 2.05) is 0 Å². The Morgan fingerprint density at radius 1 is 1.37 bits per heavy atom. The van der Waals surface area contributed by atoms with Gasteiger partial charge in [-0.3, -0.25) is 4.79 Å². The smallest absolute Gasteiger partial charge is 0.347 e. The van der Waals surface area contributed by atoms with Gasteiger partial charge in [-0.2, -0.15) is 0 Å². The normalized spacial score (nSPS) is 10.4. The molecule has 1 aromatic carbocycles. The molecular formula is C12H8INO4S. The van der Waals surface area contributed by atoms with Crippen molar-refractivity contribution in [3.63, 3.8) is 0 Å². The highest BCUT2D eigenvalue weighted by atomic mass is 127. The number of carboxylic acids is 1. The first kappa shape index (κ1) is 13.9. The van der Waals surface area contributed by atoms with Crippen molar-refractivity contribution in [2.75, 3.05) is 0 Å². The van der Waals surface area contributed by atoms with E-state index in [4.69, 9.17) is 5.11 Å². The van der Waals surface area contributed by atoms with Crippen LogP contribution in [0.2, 0.25) is 0 Å². The van der Waals surface area contributed by atoms with Crippen LogP contribution in [0.3, 0.4) is 0 Å². The summed E-state index contributed by atoms with van der Waals surface area (Å²) < 4.78 is -0.288. The lowest BCUT2D eigenvalue weighted by molar-refractivity contribution is 0.0701. The fourth-order valence-electron chi connectivity index (χ4n) is 1.54. The number of carbonyl (C=O) groups is 2. The zero-order chi connectivity index (χ0) is 14.2. The molecule has 19 heavy (non-hydrogen) atoms. The van der Waals surface area contributed by atoms with E-state index in [0.717, 1.165) is 11.3 Å². The Kier molecular flexibility index (Phi) is 3.85. The molecule has 0 aliphatic rings. The number of aryl methyl sites for hydroxylation is 1. The Labute approximate surface area is 126 Å². The van der Waals surface area contributed by atoms with Gasteiger partial charge in [0.15, 0.2) is 0 Å². The molecule has 0 unspecified atom stereocenters. The highest BCUT2D eigenvalue weighted by Crippen LogP contribution is 2.31. The van der Waals surface area contributed by atoms with Crippen molar-refractivity contribution in [2.45, 2.75) is 6.92 Å². The number of rotatable bonds is 3. The summed E-state index contributed by atoms with van der Waals surface area (Å²) in [5.74, 6) is -1.12. The van der Waals surface area contributed by atoms with Crippen molar-refractivity contribution in [1.82, 2.24) is 4.98 Å². The predicted molar refractivity (Wildman–Crippen MR) is 79.3 cm³/mol. The van der Waals surface area contributed by atoms with Crippen LogP contribution in [-0.2, 0) is 0 Å². The van der Waals surface area contributed by atoms with Gasteiger partial charge >= 0.3 is 5.97 Å². The SMILES string of the molecule is Cc1nc(-c2ccc(O)c(C(=O)I)c2)sc1C(=O)O. The summed E-state index contributed by atoms with van der Waals surface area (Å²) in [5, 5.41) is 19.1. The number of nitrogens with zero attached hydrogens (tertiary/aromatic N) is 1. The van der Waals surface area contributed by atoms with Gasteiger partial charge in [-0.1, -0.05) is 0 Å². The summed E-state index contributed by atoms with van der Waals surface area (Å²) in [6.07, 6.45) is 0. The minimum Gasteiger partial charge on any atom is -0.507 e. The number of carboxylic acid groups (broad SMARTS) is 1. The Morgan fingerprint density at radius 3 is 2.58 bits per heavy atom. The molecule has 0 saturated heterocycles. The second kappa shape index (κ2) is 5.25. The summed E-state index contributed by atoms with van der Waals surface area (Å²) in [5.41, 5.74) is 1.23. The predicted octanol–water partition coefficient (Wildman–Crippen LogP) is 3.10. The Morgan fingerprint density at radius 2 is 2.05 bits per heavy atom. The molecule has 2 aromatic rings. The van der Waals surface area contributed by atoms with Crippen molar-refractivity contribution in [3.8, 4) is 16.3 Å². The zero-order valence-electron chi connectivity index (χ0n) is 9.68. The molecule has 0 bridgehead atoms. The lowest BCUT2D eigenvalue weighted by atomic mass is 10.1. The molecule has 0 atom stereocenters. The van der Waals surface area contributed by atoms with Crippen LogP contribution >= 0.6 is 33.9 Å². The number of halogens is 1. The molecule has 2 rings (SSSR count). The maximum Gasteiger partial charge on any atom is 0.347 e. The van der Waals surface area contributed by atoms with Gasteiger partial charge in [-0.25, -0.2) is 9.78 Å². The third-order valence-corrected chi connectivity index (χ3v) is 4.22. The van der Waals surface area contributed by atoms with E-state index in [1.165, 1.54) is 12.1 Å². The fraction of sp³-hybridized carbons (Fsp3) is 0.0833.